The average molecular weight is 751 g/mol. The van der Waals surface area contributed by atoms with E-state index in [1.165, 1.54) is 89.9 Å². The lowest BCUT2D eigenvalue weighted by Gasteiger charge is -2.39. The van der Waals surface area contributed by atoms with Gasteiger partial charge in [-0.25, -0.2) is 4.79 Å². The van der Waals surface area contributed by atoms with Crippen molar-refractivity contribution in [2.24, 2.45) is 0 Å². The van der Waals surface area contributed by atoms with Crippen molar-refractivity contribution >= 4 is 18.0 Å². The van der Waals surface area contributed by atoms with Crippen LogP contribution in [-0.4, -0.2) is 74.6 Å². The summed E-state index contributed by atoms with van der Waals surface area (Å²) in [6.45, 7) is 5.74. The van der Waals surface area contributed by atoms with Crippen molar-refractivity contribution in [1.82, 2.24) is 10.2 Å². The zero-order valence-corrected chi connectivity index (χ0v) is 34.1. The van der Waals surface area contributed by atoms with Crippen LogP contribution in [-0.2, 0) is 23.8 Å². The van der Waals surface area contributed by atoms with Gasteiger partial charge in [0.1, 0.15) is 13.2 Å². The molecule has 1 atom stereocenters. The van der Waals surface area contributed by atoms with Gasteiger partial charge in [0.2, 0.25) is 0 Å². The van der Waals surface area contributed by atoms with E-state index >= 15 is 0 Å². The van der Waals surface area contributed by atoms with Gasteiger partial charge in [-0.15, -0.1) is 0 Å². The van der Waals surface area contributed by atoms with E-state index in [4.69, 9.17) is 14.2 Å². The molecule has 0 aromatic carbocycles. The van der Waals surface area contributed by atoms with Gasteiger partial charge in [-0.05, 0) is 51.4 Å². The predicted molar refractivity (Wildman–Crippen MR) is 216 cm³/mol. The molecule has 1 saturated heterocycles. The van der Waals surface area contributed by atoms with Crippen molar-refractivity contribution in [2.75, 3.05) is 39.5 Å². The molecule has 0 saturated carbocycles. The zero-order valence-electron chi connectivity index (χ0n) is 34.1. The van der Waals surface area contributed by atoms with E-state index in [1.807, 2.05) is 0 Å². The summed E-state index contributed by atoms with van der Waals surface area (Å²) in [5.74, 6) is -0.675. The zero-order chi connectivity index (χ0) is 38.5. The number of nitrogens with one attached hydrogen (secondary N) is 1. The Bertz CT molecular complexity index is 939. The molecule has 1 rings (SSSR count). The number of hydrogen-bond acceptors (Lipinski definition) is 7. The fourth-order valence-corrected chi connectivity index (χ4v) is 6.48. The van der Waals surface area contributed by atoms with Gasteiger partial charge >= 0.3 is 18.0 Å². The molecule has 1 fully saturated rings. The molecule has 8 nitrogen and oxygen atoms in total. The molecule has 0 aromatic rings. The van der Waals surface area contributed by atoms with Crippen LogP contribution in [0.4, 0.5) is 9.18 Å². The quantitative estimate of drug-likeness (QED) is 0.0292. The van der Waals surface area contributed by atoms with Crippen molar-refractivity contribution < 1.29 is 33.0 Å². The fraction of sp³-hybridized carbons (Fsp3) is 0.841. The Morgan fingerprint density at radius 1 is 0.623 bits per heavy atom. The normalized spacial score (nSPS) is 14.1. The largest absolute Gasteiger partial charge is 0.462 e. The number of allylic oxidation sites excluding steroid dienone is 4. The van der Waals surface area contributed by atoms with Crippen LogP contribution in [0.25, 0.3) is 0 Å². The van der Waals surface area contributed by atoms with E-state index in [-0.39, 0.29) is 37.9 Å². The summed E-state index contributed by atoms with van der Waals surface area (Å²) in [6, 6.07) is -0.0818. The van der Waals surface area contributed by atoms with Crippen molar-refractivity contribution in [2.45, 2.75) is 199 Å². The average Bonchev–Trinajstić information content (AvgIpc) is 3.13. The molecule has 1 N–H and O–H groups in total. The van der Waals surface area contributed by atoms with E-state index in [9.17, 15) is 18.8 Å². The number of amides is 1. The summed E-state index contributed by atoms with van der Waals surface area (Å²) in [5.41, 5.74) is 0. The molecular formula is C44H79FN2O6. The lowest BCUT2D eigenvalue weighted by molar-refractivity contribution is -0.152. The summed E-state index contributed by atoms with van der Waals surface area (Å²) < 4.78 is 28.9. The van der Waals surface area contributed by atoms with Crippen molar-refractivity contribution in [1.29, 1.82) is 0 Å². The summed E-state index contributed by atoms with van der Waals surface area (Å²) in [7, 11) is 0. The maximum Gasteiger partial charge on any atom is 0.407 e. The van der Waals surface area contributed by atoms with Gasteiger partial charge in [-0.1, -0.05) is 147 Å². The Hall–Kier alpha value is -2.42. The number of ether oxygens (including phenoxy) is 3. The van der Waals surface area contributed by atoms with E-state index in [2.05, 4.69) is 48.4 Å². The maximum absolute atomic E-state index is 12.6. The van der Waals surface area contributed by atoms with Crippen LogP contribution in [0.5, 0.6) is 0 Å². The van der Waals surface area contributed by atoms with Crippen LogP contribution in [0.1, 0.15) is 187 Å². The van der Waals surface area contributed by atoms with Crippen molar-refractivity contribution in [3.05, 3.63) is 24.3 Å². The number of halogens is 1. The fourth-order valence-electron chi connectivity index (χ4n) is 6.48. The first kappa shape index (κ1) is 48.6. The third-order valence-electron chi connectivity index (χ3n) is 9.84. The van der Waals surface area contributed by atoms with Crippen LogP contribution in [0.15, 0.2) is 24.3 Å². The molecule has 0 spiro atoms. The van der Waals surface area contributed by atoms with Gasteiger partial charge in [0.05, 0.1) is 12.7 Å². The third-order valence-corrected chi connectivity index (χ3v) is 9.84. The second-order valence-corrected chi connectivity index (χ2v) is 15.0. The highest BCUT2D eigenvalue weighted by Crippen LogP contribution is 2.14. The molecule has 0 radical (unpaired) electrons. The number of hydrogen-bond donors (Lipinski definition) is 1. The molecule has 53 heavy (non-hydrogen) atoms. The number of rotatable bonds is 37. The first-order valence-electron chi connectivity index (χ1n) is 21.8. The van der Waals surface area contributed by atoms with Gasteiger partial charge in [0.15, 0.2) is 6.10 Å². The number of likely N-dealkylation sites (tertiary alicyclic amines) is 1. The van der Waals surface area contributed by atoms with E-state index < -0.39 is 12.2 Å². The molecule has 0 aliphatic carbocycles. The minimum Gasteiger partial charge on any atom is -0.462 e. The van der Waals surface area contributed by atoms with E-state index in [1.54, 1.807) is 0 Å². The maximum atomic E-state index is 12.6. The first-order chi connectivity index (χ1) is 26.0. The number of unbranched alkanes of at least 4 members (excludes halogenated alkanes) is 20. The van der Waals surface area contributed by atoms with E-state index in [0.29, 0.717) is 38.9 Å². The second-order valence-electron chi connectivity index (χ2n) is 15.0. The summed E-state index contributed by atoms with van der Waals surface area (Å²) in [4.78, 5) is 39.6. The standard InChI is InChI=1S/C44H79FN2O6/c1-3-5-7-9-11-13-15-17-18-20-22-24-26-28-30-33-43(49)52-39-41(53-44(50)46-40-36-47(37-40)35-31-34-45)38-51-42(48)32-29-27-25-23-21-19-16-14-12-10-8-6-4-2/h11,13,17-18,40-41H,3-10,12,14-16,19-39H2,1-2H3,(H,46,50)/b13-11-,18-17-. The number of carbonyl (C=O) groups excluding carboxylic acids is 3. The van der Waals surface area contributed by atoms with Gasteiger partial charge in [0.25, 0.3) is 0 Å². The Balaban J connectivity index is 2.25. The SMILES string of the molecule is CCCCC/C=C\C/C=C\CCCCCCCC(=O)OCC(COC(=O)CCCCCCCCCCCCCCC)OC(=O)NC1CN(CCCF)C1. The van der Waals surface area contributed by atoms with Crippen LogP contribution in [0.3, 0.4) is 0 Å². The topological polar surface area (TPSA) is 94.2 Å². The van der Waals surface area contributed by atoms with Gasteiger partial charge in [-0.3, -0.25) is 18.9 Å². The van der Waals surface area contributed by atoms with Crippen LogP contribution >= 0.6 is 0 Å². The number of alkyl carbamates (subject to hydrolysis) is 1. The summed E-state index contributed by atoms with van der Waals surface area (Å²) >= 11 is 0. The van der Waals surface area contributed by atoms with Crippen LogP contribution < -0.4 is 5.32 Å². The summed E-state index contributed by atoms with van der Waals surface area (Å²) in [6.07, 6.45) is 36.9. The highest BCUT2D eigenvalue weighted by Gasteiger charge is 2.29. The lowest BCUT2D eigenvalue weighted by atomic mass is 10.0. The highest BCUT2D eigenvalue weighted by atomic mass is 19.1. The van der Waals surface area contributed by atoms with Crippen molar-refractivity contribution in [3.63, 3.8) is 0 Å². The number of alkyl halides is 1. The first-order valence-corrected chi connectivity index (χ1v) is 21.8. The number of nitrogens with zero attached hydrogens (tertiary/aromatic N) is 1. The Morgan fingerprint density at radius 3 is 1.55 bits per heavy atom. The Morgan fingerprint density at radius 2 is 1.06 bits per heavy atom. The molecule has 1 amide bonds. The van der Waals surface area contributed by atoms with Gasteiger partial charge in [-0.2, -0.15) is 0 Å². The molecule has 1 aliphatic heterocycles. The molecule has 1 unspecified atom stereocenters. The van der Waals surface area contributed by atoms with E-state index in [0.717, 1.165) is 64.2 Å². The van der Waals surface area contributed by atoms with Crippen LogP contribution in [0.2, 0.25) is 0 Å². The van der Waals surface area contributed by atoms with Crippen LogP contribution in [0, 0.1) is 0 Å². The highest BCUT2D eigenvalue weighted by molar-refractivity contribution is 5.70. The molecule has 0 bridgehead atoms. The summed E-state index contributed by atoms with van der Waals surface area (Å²) in [5, 5.41) is 2.81. The molecule has 9 heteroatoms. The molecular weight excluding hydrogens is 671 g/mol. The lowest BCUT2D eigenvalue weighted by Crippen LogP contribution is -2.59. The van der Waals surface area contributed by atoms with Gasteiger partial charge in [0, 0.05) is 32.5 Å². The Labute approximate surface area is 323 Å². The number of esters is 2. The molecule has 1 heterocycles. The minimum atomic E-state index is -0.887. The molecule has 308 valence electrons. The van der Waals surface area contributed by atoms with Crippen molar-refractivity contribution in [3.8, 4) is 0 Å². The monoisotopic (exact) mass is 751 g/mol. The Kier molecular flexibility index (Phi) is 33.5. The second kappa shape index (κ2) is 36.6. The molecule has 0 aromatic heterocycles. The number of carbonyl (C=O) groups is 3. The predicted octanol–water partition coefficient (Wildman–Crippen LogP) is 11.5. The third kappa shape index (κ3) is 31.6. The smallest absolute Gasteiger partial charge is 0.407 e. The molecule has 1 aliphatic rings. The minimum absolute atomic E-state index is 0.0818. The van der Waals surface area contributed by atoms with Gasteiger partial charge < -0.3 is 19.5 Å².